The first-order chi connectivity index (χ1) is 12.7. The number of anilines is 1. The molecule has 1 amide bonds. The van der Waals surface area contributed by atoms with Gasteiger partial charge < -0.3 is 4.74 Å². The smallest absolute Gasteiger partial charge is 0.264 e. The number of carbonyl (C=O) groups is 1. The van der Waals surface area contributed by atoms with E-state index in [1.807, 2.05) is 42.6 Å². The zero-order valence-electron chi connectivity index (χ0n) is 14.0. The summed E-state index contributed by atoms with van der Waals surface area (Å²) in [7, 11) is 0. The number of hydrogen-bond donors (Lipinski definition) is 1. The van der Waals surface area contributed by atoms with Crippen LogP contribution in [-0.4, -0.2) is 27.1 Å². The van der Waals surface area contributed by atoms with Crippen LogP contribution in [-0.2, 0) is 4.79 Å². The monoisotopic (exact) mass is 364 g/mol. The molecule has 7 heteroatoms. The maximum atomic E-state index is 12.1. The number of aryl methyl sites for hydroxylation is 1. The average Bonchev–Trinajstić information content (AvgIpc) is 3.22. The Morgan fingerprint density at radius 3 is 2.69 bits per heavy atom. The van der Waals surface area contributed by atoms with Crippen molar-refractivity contribution in [3.8, 4) is 17.0 Å². The average molecular weight is 364 g/mol. The van der Waals surface area contributed by atoms with E-state index in [4.69, 9.17) is 4.74 Å². The fraction of sp³-hybridized carbons (Fsp3) is 0.105. The summed E-state index contributed by atoms with van der Waals surface area (Å²) in [6.07, 6.45) is 0. The molecule has 0 unspecified atom stereocenters. The van der Waals surface area contributed by atoms with Crippen LogP contribution in [0.2, 0.25) is 0 Å². The van der Waals surface area contributed by atoms with Gasteiger partial charge in [0.05, 0.1) is 5.69 Å². The van der Waals surface area contributed by atoms with Crippen molar-refractivity contribution >= 4 is 28.2 Å². The Hall–Kier alpha value is -3.19. The predicted molar refractivity (Wildman–Crippen MR) is 102 cm³/mol. The molecule has 0 radical (unpaired) electrons. The molecule has 0 fully saturated rings. The molecule has 1 N–H and O–H groups in total. The van der Waals surface area contributed by atoms with E-state index >= 15 is 0 Å². The minimum absolute atomic E-state index is 0.0955. The van der Waals surface area contributed by atoms with Crippen LogP contribution in [0.5, 0.6) is 5.75 Å². The van der Waals surface area contributed by atoms with Crippen molar-refractivity contribution in [2.24, 2.45) is 0 Å². The van der Waals surface area contributed by atoms with Gasteiger partial charge in [0, 0.05) is 10.9 Å². The summed E-state index contributed by atoms with van der Waals surface area (Å²) in [5, 5.41) is 9.07. The molecule has 0 aliphatic carbocycles. The normalized spacial score (nSPS) is 10.8. The fourth-order valence-electron chi connectivity index (χ4n) is 2.48. The summed E-state index contributed by atoms with van der Waals surface area (Å²) in [5.74, 6) is 0.610. The second-order valence-corrected chi connectivity index (χ2v) is 6.60. The third-order valence-corrected chi connectivity index (χ3v) is 4.61. The first-order valence-electron chi connectivity index (χ1n) is 8.08. The highest BCUT2D eigenvalue weighted by Gasteiger charge is 2.13. The first kappa shape index (κ1) is 16.3. The molecule has 0 aliphatic heterocycles. The van der Waals surface area contributed by atoms with Crippen molar-refractivity contribution in [2.45, 2.75) is 6.92 Å². The molecule has 2 aromatic carbocycles. The Balaban J connectivity index is 1.47. The van der Waals surface area contributed by atoms with Crippen LogP contribution < -0.4 is 10.1 Å². The van der Waals surface area contributed by atoms with Gasteiger partial charge in [-0.2, -0.15) is 4.98 Å². The van der Waals surface area contributed by atoms with Crippen molar-refractivity contribution in [3.63, 3.8) is 0 Å². The Morgan fingerprint density at radius 2 is 1.92 bits per heavy atom. The van der Waals surface area contributed by atoms with E-state index in [9.17, 15) is 4.79 Å². The van der Waals surface area contributed by atoms with Gasteiger partial charge in [-0.3, -0.25) is 10.1 Å². The lowest BCUT2D eigenvalue weighted by molar-refractivity contribution is -0.118. The van der Waals surface area contributed by atoms with Gasteiger partial charge in [0.25, 0.3) is 11.9 Å². The molecule has 6 nitrogen and oxygen atoms in total. The Morgan fingerprint density at radius 1 is 1.15 bits per heavy atom. The quantitative estimate of drug-likeness (QED) is 0.585. The van der Waals surface area contributed by atoms with Crippen LogP contribution in [0, 0.1) is 6.92 Å². The molecule has 0 saturated heterocycles. The molecule has 4 rings (SSSR count). The summed E-state index contributed by atoms with van der Waals surface area (Å²) in [6, 6.07) is 17.4. The number of thiazole rings is 1. The van der Waals surface area contributed by atoms with Crippen molar-refractivity contribution < 1.29 is 9.53 Å². The SMILES string of the molecule is Cc1ccc(-c2csc3nc(NC(=O)COc4ccccc4)nn23)cc1. The number of nitrogens with zero attached hydrogens (tertiary/aromatic N) is 3. The van der Waals surface area contributed by atoms with Gasteiger partial charge in [-0.15, -0.1) is 16.4 Å². The number of nitrogens with one attached hydrogen (secondary N) is 1. The van der Waals surface area contributed by atoms with Crippen molar-refractivity contribution in [1.82, 2.24) is 14.6 Å². The third kappa shape index (κ3) is 3.43. The van der Waals surface area contributed by atoms with Crippen LogP contribution in [0.1, 0.15) is 5.56 Å². The topological polar surface area (TPSA) is 68.5 Å². The number of fused-ring (bicyclic) bond motifs is 1. The van der Waals surface area contributed by atoms with Gasteiger partial charge in [-0.05, 0) is 19.1 Å². The van der Waals surface area contributed by atoms with Crippen LogP contribution in [0.15, 0.2) is 60.0 Å². The molecular weight excluding hydrogens is 348 g/mol. The van der Waals surface area contributed by atoms with Gasteiger partial charge in [0.1, 0.15) is 5.75 Å². The predicted octanol–water partition coefficient (Wildman–Crippen LogP) is 3.78. The highest BCUT2D eigenvalue weighted by Crippen LogP contribution is 2.26. The number of aromatic nitrogens is 3. The molecule has 2 aromatic heterocycles. The van der Waals surface area contributed by atoms with Crippen molar-refractivity contribution in [3.05, 3.63) is 65.5 Å². The summed E-state index contributed by atoms with van der Waals surface area (Å²) in [4.78, 5) is 17.1. The molecule has 0 spiro atoms. The van der Waals surface area contributed by atoms with Gasteiger partial charge in [0.15, 0.2) is 6.61 Å². The van der Waals surface area contributed by atoms with E-state index < -0.39 is 0 Å². The number of ether oxygens (including phenoxy) is 1. The van der Waals surface area contributed by atoms with Crippen LogP contribution in [0.25, 0.3) is 16.2 Å². The largest absolute Gasteiger partial charge is 0.484 e. The zero-order chi connectivity index (χ0) is 17.9. The molecule has 26 heavy (non-hydrogen) atoms. The van der Waals surface area contributed by atoms with Crippen LogP contribution >= 0.6 is 11.3 Å². The molecule has 2 heterocycles. The lowest BCUT2D eigenvalue weighted by Crippen LogP contribution is -2.20. The second-order valence-electron chi connectivity index (χ2n) is 5.77. The summed E-state index contributed by atoms with van der Waals surface area (Å²) < 4.78 is 7.17. The fourth-order valence-corrected chi connectivity index (χ4v) is 3.31. The van der Waals surface area contributed by atoms with E-state index in [2.05, 4.69) is 27.5 Å². The number of amides is 1. The Bertz CT molecular complexity index is 1040. The zero-order valence-corrected chi connectivity index (χ0v) is 14.9. The minimum atomic E-state index is -0.302. The maximum Gasteiger partial charge on any atom is 0.264 e. The molecule has 0 aliphatic rings. The van der Waals surface area contributed by atoms with E-state index in [1.54, 1.807) is 16.6 Å². The standard InChI is InChI=1S/C19H16N4O2S/c1-13-7-9-14(10-8-13)16-12-26-19-21-18(22-23(16)19)20-17(24)11-25-15-5-3-2-4-6-15/h2-10,12H,11H2,1H3,(H,20,22,24). The van der Waals surface area contributed by atoms with Gasteiger partial charge in [-0.25, -0.2) is 4.52 Å². The lowest BCUT2D eigenvalue weighted by Gasteiger charge is -2.04. The van der Waals surface area contributed by atoms with Gasteiger partial charge >= 0.3 is 0 Å². The number of benzene rings is 2. The van der Waals surface area contributed by atoms with Crippen molar-refractivity contribution in [1.29, 1.82) is 0 Å². The number of carbonyl (C=O) groups excluding carboxylic acids is 1. The van der Waals surface area contributed by atoms with E-state index in [-0.39, 0.29) is 18.5 Å². The lowest BCUT2D eigenvalue weighted by atomic mass is 10.1. The van der Waals surface area contributed by atoms with Crippen LogP contribution in [0.3, 0.4) is 0 Å². The molecule has 130 valence electrons. The molecule has 4 aromatic rings. The number of para-hydroxylation sites is 1. The van der Waals surface area contributed by atoms with E-state index in [1.165, 1.54) is 16.9 Å². The minimum Gasteiger partial charge on any atom is -0.484 e. The van der Waals surface area contributed by atoms with Gasteiger partial charge in [-0.1, -0.05) is 48.0 Å². The highest BCUT2D eigenvalue weighted by atomic mass is 32.1. The van der Waals surface area contributed by atoms with E-state index in [0.29, 0.717) is 5.75 Å². The first-order valence-corrected chi connectivity index (χ1v) is 8.96. The number of rotatable bonds is 5. The van der Waals surface area contributed by atoms with Crippen molar-refractivity contribution in [2.75, 3.05) is 11.9 Å². The van der Waals surface area contributed by atoms with Gasteiger partial charge in [0.2, 0.25) is 4.96 Å². The number of hydrogen-bond acceptors (Lipinski definition) is 5. The summed E-state index contributed by atoms with van der Waals surface area (Å²) in [5.41, 5.74) is 3.20. The molecule has 0 atom stereocenters. The highest BCUT2D eigenvalue weighted by molar-refractivity contribution is 7.15. The Kier molecular flexibility index (Phi) is 4.37. The molecule has 0 bridgehead atoms. The summed E-state index contributed by atoms with van der Waals surface area (Å²) >= 11 is 1.48. The maximum absolute atomic E-state index is 12.1. The summed E-state index contributed by atoms with van der Waals surface area (Å²) in [6.45, 7) is 1.95. The Labute approximate surface area is 154 Å². The molecular formula is C19H16N4O2S. The van der Waals surface area contributed by atoms with Crippen LogP contribution in [0.4, 0.5) is 5.95 Å². The second kappa shape index (κ2) is 6.97. The molecule has 0 saturated carbocycles. The third-order valence-electron chi connectivity index (χ3n) is 3.79. The van der Waals surface area contributed by atoms with E-state index in [0.717, 1.165) is 16.2 Å².